The van der Waals surface area contributed by atoms with Crippen LogP contribution in [-0.4, -0.2) is 26.6 Å². The van der Waals surface area contributed by atoms with Crippen molar-refractivity contribution in [3.8, 4) is 0 Å². The quantitative estimate of drug-likeness (QED) is 0.679. The molecule has 0 fully saturated rings. The molecular formula is C8H6BF3N2O2. The first kappa shape index (κ1) is 11.0. The lowest BCUT2D eigenvalue weighted by molar-refractivity contribution is -0.140. The van der Waals surface area contributed by atoms with E-state index in [0.717, 1.165) is 10.6 Å². The summed E-state index contributed by atoms with van der Waals surface area (Å²) in [7, 11) is -1.85. The molecule has 2 rings (SSSR count). The summed E-state index contributed by atoms with van der Waals surface area (Å²) in [5, 5.41) is 17.9. The highest BCUT2D eigenvalue weighted by Gasteiger charge is 2.34. The third kappa shape index (κ3) is 1.77. The van der Waals surface area contributed by atoms with Crippen molar-refractivity contribution in [3.05, 3.63) is 30.2 Å². The Bertz CT molecular complexity index is 523. The van der Waals surface area contributed by atoms with Crippen LogP contribution in [0.5, 0.6) is 0 Å². The van der Waals surface area contributed by atoms with Crippen LogP contribution in [0, 0.1) is 0 Å². The number of fused-ring (bicyclic) bond motifs is 1. The largest absolute Gasteiger partial charge is 0.492 e. The molecule has 0 bridgehead atoms. The smallest absolute Gasteiger partial charge is 0.423 e. The maximum atomic E-state index is 12.4. The molecule has 0 atom stereocenters. The minimum atomic E-state index is -4.55. The number of pyridine rings is 1. The molecule has 2 aromatic rings. The van der Waals surface area contributed by atoms with Crippen molar-refractivity contribution in [1.29, 1.82) is 0 Å². The van der Waals surface area contributed by atoms with Crippen molar-refractivity contribution < 1.29 is 23.2 Å². The first-order valence-electron chi connectivity index (χ1n) is 4.30. The number of alkyl halides is 3. The van der Waals surface area contributed by atoms with E-state index in [1.165, 1.54) is 18.3 Å². The van der Waals surface area contributed by atoms with Crippen molar-refractivity contribution in [2.45, 2.75) is 6.18 Å². The number of halogens is 3. The monoisotopic (exact) mass is 230 g/mol. The van der Waals surface area contributed by atoms with Gasteiger partial charge in [0.05, 0.1) is 0 Å². The predicted octanol–water partition coefficient (Wildman–Crippen LogP) is 0.0329. The van der Waals surface area contributed by atoms with Gasteiger partial charge in [-0.2, -0.15) is 13.2 Å². The van der Waals surface area contributed by atoms with Gasteiger partial charge in [-0.15, -0.1) is 0 Å². The molecule has 0 radical (unpaired) electrons. The highest BCUT2D eigenvalue weighted by atomic mass is 19.4. The fourth-order valence-electron chi connectivity index (χ4n) is 1.37. The third-order valence-electron chi connectivity index (χ3n) is 2.08. The van der Waals surface area contributed by atoms with Crippen LogP contribution < -0.4 is 5.46 Å². The lowest BCUT2D eigenvalue weighted by Gasteiger charge is -2.00. The standard InChI is InChI=1S/C8H6BF3N2O2/c10-8(11,12)6-4-14-3-1-2-5(9(15)16)7(14)13-6/h1-4,15-16H. The lowest BCUT2D eigenvalue weighted by Crippen LogP contribution is -2.31. The fraction of sp³-hybridized carbons (Fsp3) is 0.125. The summed E-state index contributed by atoms with van der Waals surface area (Å²) in [4.78, 5) is 3.32. The van der Waals surface area contributed by atoms with Gasteiger partial charge in [-0.25, -0.2) is 4.98 Å². The van der Waals surface area contributed by atoms with E-state index in [1.807, 2.05) is 0 Å². The zero-order chi connectivity index (χ0) is 11.9. The highest BCUT2D eigenvalue weighted by molar-refractivity contribution is 6.60. The maximum absolute atomic E-state index is 12.4. The van der Waals surface area contributed by atoms with E-state index in [4.69, 9.17) is 10.0 Å². The Labute approximate surface area is 88.1 Å². The van der Waals surface area contributed by atoms with E-state index in [1.54, 1.807) is 0 Å². The summed E-state index contributed by atoms with van der Waals surface area (Å²) in [6.45, 7) is 0. The van der Waals surface area contributed by atoms with Gasteiger partial charge in [0, 0.05) is 17.9 Å². The van der Waals surface area contributed by atoms with Crippen LogP contribution in [0.4, 0.5) is 13.2 Å². The van der Waals surface area contributed by atoms with E-state index in [9.17, 15) is 13.2 Å². The van der Waals surface area contributed by atoms with Crippen LogP contribution in [0.1, 0.15) is 5.69 Å². The van der Waals surface area contributed by atoms with E-state index < -0.39 is 19.0 Å². The van der Waals surface area contributed by atoms with E-state index in [0.29, 0.717) is 0 Å². The summed E-state index contributed by atoms with van der Waals surface area (Å²) in [6, 6.07) is 2.71. The van der Waals surface area contributed by atoms with Crippen LogP contribution in [-0.2, 0) is 6.18 Å². The Morgan fingerprint density at radius 2 is 2.00 bits per heavy atom. The van der Waals surface area contributed by atoms with Gasteiger partial charge in [0.15, 0.2) is 5.69 Å². The number of aromatic nitrogens is 2. The molecule has 0 aliphatic rings. The molecule has 2 N–H and O–H groups in total. The summed E-state index contributed by atoms with van der Waals surface area (Å²) < 4.78 is 38.2. The first-order valence-corrected chi connectivity index (χ1v) is 4.30. The summed E-state index contributed by atoms with van der Waals surface area (Å²) >= 11 is 0. The van der Waals surface area contributed by atoms with Gasteiger partial charge in [0.25, 0.3) is 0 Å². The molecule has 8 heteroatoms. The second kappa shape index (κ2) is 3.50. The highest BCUT2D eigenvalue weighted by Crippen LogP contribution is 2.28. The average molecular weight is 230 g/mol. The molecule has 16 heavy (non-hydrogen) atoms. The molecule has 84 valence electrons. The minimum absolute atomic E-state index is 0.0713. The SMILES string of the molecule is OB(O)c1cccn2cc(C(F)(F)F)nc12. The van der Waals surface area contributed by atoms with Gasteiger partial charge in [-0.1, -0.05) is 6.07 Å². The second-order valence-corrected chi connectivity index (χ2v) is 3.19. The Morgan fingerprint density at radius 1 is 1.31 bits per heavy atom. The van der Waals surface area contributed by atoms with Gasteiger partial charge < -0.3 is 14.4 Å². The molecular weight excluding hydrogens is 224 g/mol. The minimum Gasteiger partial charge on any atom is -0.423 e. The van der Waals surface area contributed by atoms with Gasteiger partial charge in [0.1, 0.15) is 5.65 Å². The molecule has 0 spiro atoms. The normalized spacial score (nSPS) is 12.1. The molecule has 0 amide bonds. The number of nitrogens with zero attached hydrogens (tertiary/aromatic N) is 2. The van der Waals surface area contributed by atoms with E-state index >= 15 is 0 Å². The second-order valence-electron chi connectivity index (χ2n) is 3.19. The molecule has 0 aliphatic carbocycles. The Morgan fingerprint density at radius 3 is 2.56 bits per heavy atom. The molecule has 0 saturated heterocycles. The zero-order valence-electron chi connectivity index (χ0n) is 7.81. The molecule has 0 saturated carbocycles. The topological polar surface area (TPSA) is 57.8 Å². The molecule has 2 aromatic heterocycles. The van der Waals surface area contributed by atoms with Gasteiger partial charge in [-0.05, 0) is 6.07 Å². The molecule has 0 unspecified atom stereocenters. The molecule has 2 heterocycles. The van der Waals surface area contributed by atoms with Crippen LogP contribution >= 0.6 is 0 Å². The lowest BCUT2D eigenvalue weighted by atomic mass is 9.81. The zero-order valence-corrected chi connectivity index (χ0v) is 7.81. The van der Waals surface area contributed by atoms with Crippen LogP contribution in [0.15, 0.2) is 24.5 Å². The number of imidazole rings is 1. The Hall–Kier alpha value is -1.54. The van der Waals surface area contributed by atoms with E-state index in [2.05, 4.69) is 4.98 Å². The summed E-state index contributed by atoms with van der Waals surface area (Å²) in [5.74, 6) is 0. The van der Waals surface area contributed by atoms with Gasteiger partial charge >= 0.3 is 13.3 Å². The van der Waals surface area contributed by atoms with Crippen LogP contribution in [0.25, 0.3) is 5.65 Å². The molecule has 0 aromatic carbocycles. The Balaban J connectivity index is 2.66. The van der Waals surface area contributed by atoms with Gasteiger partial charge in [0.2, 0.25) is 0 Å². The Kier molecular flexibility index (Phi) is 2.40. The van der Waals surface area contributed by atoms with Gasteiger partial charge in [-0.3, -0.25) is 0 Å². The predicted molar refractivity (Wildman–Crippen MR) is 50.0 cm³/mol. The van der Waals surface area contributed by atoms with Crippen molar-refractivity contribution in [2.24, 2.45) is 0 Å². The van der Waals surface area contributed by atoms with Crippen molar-refractivity contribution in [2.75, 3.05) is 0 Å². The molecule has 4 nitrogen and oxygen atoms in total. The fourth-order valence-corrected chi connectivity index (χ4v) is 1.37. The third-order valence-corrected chi connectivity index (χ3v) is 2.08. The van der Waals surface area contributed by atoms with Crippen LogP contribution in [0.3, 0.4) is 0 Å². The van der Waals surface area contributed by atoms with Crippen molar-refractivity contribution in [3.63, 3.8) is 0 Å². The van der Waals surface area contributed by atoms with E-state index in [-0.39, 0.29) is 11.1 Å². The summed E-state index contributed by atoms with van der Waals surface area (Å²) in [5.41, 5.74) is -1.26. The maximum Gasteiger partial charge on any atom is 0.492 e. The molecule has 0 aliphatic heterocycles. The average Bonchev–Trinajstić information content (AvgIpc) is 2.59. The number of hydrogen-bond acceptors (Lipinski definition) is 3. The van der Waals surface area contributed by atoms with Crippen molar-refractivity contribution in [1.82, 2.24) is 9.38 Å². The number of hydrogen-bond donors (Lipinski definition) is 2. The number of rotatable bonds is 1. The first-order chi connectivity index (χ1) is 7.39. The van der Waals surface area contributed by atoms with Crippen molar-refractivity contribution >= 4 is 18.2 Å². The van der Waals surface area contributed by atoms with Crippen LogP contribution in [0.2, 0.25) is 0 Å². The summed E-state index contributed by atoms with van der Waals surface area (Å²) in [6.07, 6.45) is -2.41.